The standard InChI is InChI=1S/C23H23ClN4O3S/c1-14-5-17(23(29)26-19-7-18(24)8-21(9-19)32(2,30)31)13-28(14)22-4-3-20(10-25-22)27-11-15-6-16(15)12-27/h3-5,7-10,13,15-16H,6,11-12H2,1-2H3,(H,26,29). The van der Waals surface area contributed by atoms with Crippen LogP contribution in [-0.4, -0.2) is 43.2 Å². The van der Waals surface area contributed by atoms with Gasteiger partial charge in [-0.2, -0.15) is 0 Å². The molecule has 2 aromatic heterocycles. The molecular weight excluding hydrogens is 448 g/mol. The molecule has 5 rings (SSSR count). The largest absolute Gasteiger partial charge is 0.370 e. The Kier molecular flexibility index (Phi) is 5.02. The van der Waals surface area contributed by atoms with Crippen LogP contribution in [0.3, 0.4) is 0 Å². The lowest BCUT2D eigenvalue weighted by Gasteiger charge is -2.20. The summed E-state index contributed by atoms with van der Waals surface area (Å²) in [5.74, 6) is 2.09. The summed E-state index contributed by atoms with van der Waals surface area (Å²) in [7, 11) is -3.45. The van der Waals surface area contributed by atoms with Gasteiger partial charge >= 0.3 is 0 Å². The number of amides is 1. The number of aryl methyl sites for hydroxylation is 1. The number of hydrogen-bond donors (Lipinski definition) is 1. The molecule has 1 aliphatic carbocycles. The highest BCUT2D eigenvalue weighted by molar-refractivity contribution is 7.90. The molecule has 0 bridgehead atoms. The first-order valence-corrected chi connectivity index (χ1v) is 12.7. The predicted molar refractivity (Wildman–Crippen MR) is 125 cm³/mol. The van der Waals surface area contributed by atoms with Crippen molar-refractivity contribution in [2.75, 3.05) is 29.6 Å². The van der Waals surface area contributed by atoms with Gasteiger partial charge in [0.05, 0.1) is 22.3 Å². The van der Waals surface area contributed by atoms with E-state index in [2.05, 4.69) is 21.3 Å². The van der Waals surface area contributed by atoms with E-state index in [1.54, 1.807) is 12.3 Å². The average Bonchev–Trinajstić information content (AvgIpc) is 3.15. The van der Waals surface area contributed by atoms with Crippen LogP contribution >= 0.6 is 11.6 Å². The van der Waals surface area contributed by atoms with Gasteiger partial charge in [0.25, 0.3) is 5.91 Å². The fourth-order valence-corrected chi connectivity index (χ4v) is 5.29. The van der Waals surface area contributed by atoms with Crippen molar-refractivity contribution in [2.45, 2.75) is 18.2 Å². The summed E-state index contributed by atoms with van der Waals surface area (Å²) in [5.41, 5.74) is 2.75. The van der Waals surface area contributed by atoms with Crippen molar-refractivity contribution in [3.8, 4) is 5.82 Å². The lowest BCUT2D eigenvalue weighted by Crippen LogP contribution is -2.21. The molecule has 1 N–H and O–H groups in total. The van der Waals surface area contributed by atoms with E-state index in [0.29, 0.717) is 11.3 Å². The molecule has 2 aliphatic rings. The van der Waals surface area contributed by atoms with E-state index < -0.39 is 9.84 Å². The number of nitrogens with one attached hydrogen (secondary N) is 1. The van der Waals surface area contributed by atoms with Gasteiger partial charge in [-0.3, -0.25) is 4.79 Å². The van der Waals surface area contributed by atoms with E-state index in [-0.39, 0.29) is 15.8 Å². The number of anilines is 2. The molecule has 2 atom stereocenters. The summed E-state index contributed by atoms with van der Waals surface area (Å²) in [4.78, 5) is 19.8. The molecule has 2 unspecified atom stereocenters. The topological polar surface area (TPSA) is 84.3 Å². The number of rotatable bonds is 5. The number of benzene rings is 1. The second kappa shape index (κ2) is 7.64. The van der Waals surface area contributed by atoms with Crippen LogP contribution in [0.4, 0.5) is 11.4 Å². The minimum absolute atomic E-state index is 0.0497. The Morgan fingerprint density at radius 3 is 2.56 bits per heavy atom. The van der Waals surface area contributed by atoms with Crippen LogP contribution in [0.25, 0.3) is 5.82 Å². The van der Waals surface area contributed by atoms with E-state index in [1.165, 1.54) is 24.6 Å². The molecule has 3 heterocycles. The number of fused-ring (bicyclic) bond motifs is 1. The number of halogens is 1. The Morgan fingerprint density at radius 1 is 1.16 bits per heavy atom. The first-order valence-electron chi connectivity index (χ1n) is 10.4. The molecule has 9 heteroatoms. The molecular formula is C23H23ClN4O3S. The number of nitrogens with zero attached hydrogens (tertiary/aromatic N) is 3. The Labute approximate surface area is 191 Å². The molecule has 1 aromatic carbocycles. The van der Waals surface area contributed by atoms with Gasteiger partial charge in [0.15, 0.2) is 9.84 Å². The van der Waals surface area contributed by atoms with Gasteiger partial charge in [-0.15, -0.1) is 0 Å². The summed E-state index contributed by atoms with van der Waals surface area (Å²) in [5, 5.41) is 2.96. The minimum Gasteiger partial charge on any atom is -0.370 e. The highest BCUT2D eigenvalue weighted by atomic mass is 35.5. The summed E-state index contributed by atoms with van der Waals surface area (Å²) >= 11 is 6.03. The van der Waals surface area contributed by atoms with Gasteiger partial charge in [-0.1, -0.05) is 11.6 Å². The van der Waals surface area contributed by atoms with Crippen molar-refractivity contribution in [2.24, 2.45) is 11.8 Å². The fourth-order valence-electron chi connectivity index (χ4n) is 4.31. The summed E-state index contributed by atoms with van der Waals surface area (Å²) in [6.07, 6.45) is 6.07. The number of hydrogen-bond acceptors (Lipinski definition) is 5. The first-order chi connectivity index (χ1) is 15.2. The molecule has 1 aliphatic heterocycles. The van der Waals surface area contributed by atoms with Gasteiger partial charge in [0.1, 0.15) is 5.82 Å². The third-order valence-corrected chi connectivity index (χ3v) is 7.47. The third kappa shape index (κ3) is 4.12. The molecule has 32 heavy (non-hydrogen) atoms. The van der Waals surface area contributed by atoms with E-state index >= 15 is 0 Å². The van der Waals surface area contributed by atoms with Crippen molar-refractivity contribution < 1.29 is 13.2 Å². The van der Waals surface area contributed by atoms with E-state index in [0.717, 1.165) is 48.4 Å². The monoisotopic (exact) mass is 470 g/mol. The van der Waals surface area contributed by atoms with Gasteiger partial charge < -0.3 is 14.8 Å². The Morgan fingerprint density at radius 2 is 1.91 bits per heavy atom. The van der Waals surface area contributed by atoms with E-state index in [1.807, 2.05) is 23.8 Å². The van der Waals surface area contributed by atoms with Crippen molar-refractivity contribution in [3.63, 3.8) is 0 Å². The lowest BCUT2D eigenvalue weighted by molar-refractivity contribution is 0.102. The highest BCUT2D eigenvalue weighted by Crippen LogP contribution is 2.46. The molecule has 1 saturated carbocycles. The number of carbonyl (C=O) groups is 1. The Balaban J connectivity index is 1.34. The third-order valence-electron chi connectivity index (χ3n) is 6.16. The molecule has 0 spiro atoms. The predicted octanol–water partition coefficient (Wildman–Crippen LogP) is 3.95. The van der Waals surface area contributed by atoms with Gasteiger partial charge in [-0.25, -0.2) is 13.4 Å². The van der Waals surface area contributed by atoms with Gasteiger partial charge in [0, 0.05) is 41.9 Å². The molecule has 1 saturated heterocycles. The van der Waals surface area contributed by atoms with Crippen LogP contribution < -0.4 is 10.2 Å². The SMILES string of the molecule is Cc1cc(C(=O)Nc2cc(Cl)cc(S(C)(=O)=O)c2)cn1-c1ccc(N2CC3CC3C2)cn1. The second-order valence-electron chi connectivity index (χ2n) is 8.68. The number of sulfone groups is 1. The summed E-state index contributed by atoms with van der Waals surface area (Å²) < 4.78 is 25.5. The summed E-state index contributed by atoms with van der Waals surface area (Å²) in [6, 6.07) is 10.1. The van der Waals surface area contributed by atoms with Crippen molar-refractivity contribution in [3.05, 3.63) is 65.1 Å². The van der Waals surface area contributed by atoms with E-state index in [4.69, 9.17) is 11.6 Å². The molecule has 2 fully saturated rings. The van der Waals surface area contributed by atoms with Crippen LogP contribution in [0.15, 0.2) is 53.7 Å². The van der Waals surface area contributed by atoms with Crippen molar-refractivity contribution in [1.29, 1.82) is 0 Å². The van der Waals surface area contributed by atoms with E-state index in [9.17, 15) is 13.2 Å². The maximum atomic E-state index is 12.8. The second-order valence-corrected chi connectivity index (χ2v) is 11.1. The fraction of sp³-hybridized carbons (Fsp3) is 0.304. The average molecular weight is 471 g/mol. The maximum Gasteiger partial charge on any atom is 0.257 e. The minimum atomic E-state index is -3.45. The molecule has 7 nitrogen and oxygen atoms in total. The van der Waals surface area contributed by atoms with Crippen LogP contribution in [0.5, 0.6) is 0 Å². The van der Waals surface area contributed by atoms with Gasteiger partial charge in [-0.05, 0) is 61.6 Å². The molecule has 166 valence electrons. The zero-order valence-corrected chi connectivity index (χ0v) is 19.3. The van der Waals surface area contributed by atoms with Crippen molar-refractivity contribution >= 4 is 38.7 Å². The van der Waals surface area contributed by atoms with Crippen LogP contribution in [0, 0.1) is 18.8 Å². The van der Waals surface area contributed by atoms with Crippen molar-refractivity contribution in [1.82, 2.24) is 9.55 Å². The zero-order chi connectivity index (χ0) is 22.6. The quantitative estimate of drug-likeness (QED) is 0.610. The zero-order valence-electron chi connectivity index (χ0n) is 17.7. The van der Waals surface area contributed by atoms with Gasteiger partial charge in [0.2, 0.25) is 0 Å². The Bertz CT molecular complexity index is 1310. The number of piperidine rings is 1. The molecule has 1 amide bonds. The summed E-state index contributed by atoms with van der Waals surface area (Å²) in [6.45, 7) is 4.13. The highest BCUT2D eigenvalue weighted by Gasteiger charge is 2.45. The normalized spacial score (nSPS) is 19.7. The first kappa shape index (κ1) is 21.0. The number of aromatic nitrogens is 2. The maximum absolute atomic E-state index is 12.8. The van der Waals surface area contributed by atoms with Crippen LogP contribution in [0.2, 0.25) is 5.02 Å². The molecule has 0 radical (unpaired) electrons. The number of pyridine rings is 1. The lowest BCUT2D eigenvalue weighted by atomic mass is 10.2. The van der Waals surface area contributed by atoms with Crippen LogP contribution in [0.1, 0.15) is 22.5 Å². The molecule has 3 aromatic rings. The smallest absolute Gasteiger partial charge is 0.257 e. The van der Waals surface area contributed by atoms with Crippen LogP contribution in [-0.2, 0) is 9.84 Å². The number of carbonyl (C=O) groups excluding carboxylic acids is 1. The Hall–Kier alpha value is -2.84.